The molecule has 1 saturated carbocycles. The minimum absolute atomic E-state index is 0.0118. The highest BCUT2D eigenvalue weighted by atomic mass is 16.5. The molecule has 9 unspecified atom stereocenters. The summed E-state index contributed by atoms with van der Waals surface area (Å²) in [6.45, 7) is 7.46. The van der Waals surface area contributed by atoms with Crippen LogP contribution in [0.25, 0.3) is 0 Å². The van der Waals surface area contributed by atoms with Crippen LogP contribution in [0.1, 0.15) is 52.0 Å². The van der Waals surface area contributed by atoms with Crippen LogP contribution in [0.5, 0.6) is 0 Å². The van der Waals surface area contributed by atoms with Crippen LogP contribution < -0.4 is 0 Å². The van der Waals surface area contributed by atoms with Gasteiger partial charge in [0.15, 0.2) is 5.78 Å². The maximum absolute atomic E-state index is 13.5. The number of rotatable bonds is 3. The maximum atomic E-state index is 13.5. The molecular weight excluding hydrogens is 424 g/mol. The Hall–Kier alpha value is -2.22. The second-order valence-corrected chi connectivity index (χ2v) is 10.8. The van der Waals surface area contributed by atoms with Crippen molar-refractivity contribution in [3.8, 4) is 0 Å². The Morgan fingerprint density at radius 1 is 1.27 bits per heavy atom. The Balaban J connectivity index is 1.71. The van der Waals surface area contributed by atoms with Crippen molar-refractivity contribution in [3.63, 3.8) is 0 Å². The number of carbonyl (C=O) groups is 2. The summed E-state index contributed by atoms with van der Waals surface area (Å²) in [7, 11) is 1.33. The molecule has 0 amide bonds. The molecule has 0 bridgehead atoms. The zero-order chi connectivity index (χ0) is 23.9. The number of aliphatic hydroxyl groups is 2. The molecule has 7 nitrogen and oxygen atoms in total. The van der Waals surface area contributed by atoms with Gasteiger partial charge in [-0.3, -0.25) is 9.59 Å². The number of fused-ring (bicyclic) bond motifs is 4. The van der Waals surface area contributed by atoms with Crippen LogP contribution in [-0.4, -0.2) is 53.0 Å². The first-order valence-electron chi connectivity index (χ1n) is 11.6. The van der Waals surface area contributed by atoms with Gasteiger partial charge >= 0.3 is 5.97 Å². The lowest BCUT2D eigenvalue weighted by atomic mass is 9.43. The number of furan rings is 1. The van der Waals surface area contributed by atoms with Crippen molar-refractivity contribution in [1.82, 2.24) is 0 Å². The number of ketones is 1. The molecule has 2 N–H and O–H groups in total. The average molecular weight is 457 g/mol. The number of hydrogen-bond acceptors (Lipinski definition) is 7. The standard InChI is InChI=1S/C26H32O7/c1-13-15(14-7-9-32-12-14)10-16-20(13)26(4)17(11-19(28)31-5)25(3)18(27)6-8-24(2,30)22(25)21(29)23(26)33-16/h6-9,12,15-17,21-23,29-30H,10-11H2,1-5H3. The van der Waals surface area contributed by atoms with E-state index in [1.807, 2.05) is 13.0 Å². The zero-order valence-electron chi connectivity index (χ0n) is 19.7. The number of esters is 1. The fourth-order valence-electron chi connectivity index (χ4n) is 7.85. The SMILES string of the molecule is COC(=O)CC1C2(C)C3=C(C)C(c4ccoc4)CC3OC2C(O)C2C(C)(O)C=CC(=O)C21C. The molecular formula is C26H32O7. The van der Waals surface area contributed by atoms with Crippen LogP contribution >= 0.6 is 0 Å². The third kappa shape index (κ3) is 2.79. The Morgan fingerprint density at radius 2 is 2.00 bits per heavy atom. The normalized spacial score (nSPS) is 46.2. The Bertz CT molecular complexity index is 1050. The molecule has 4 aliphatic rings. The van der Waals surface area contributed by atoms with Gasteiger partial charge in [-0.1, -0.05) is 19.4 Å². The molecule has 9 atom stereocenters. The lowest BCUT2D eigenvalue weighted by Crippen LogP contribution is -2.69. The van der Waals surface area contributed by atoms with Gasteiger partial charge in [0, 0.05) is 22.7 Å². The molecule has 33 heavy (non-hydrogen) atoms. The van der Waals surface area contributed by atoms with Crippen LogP contribution in [0.3, 0.4) is 0 Å². The van der Waals surface area contributed by atoms with Crippen molar-refractivity contribution in [2.45, 2.75) is 70.4 Å². The number of carbonyl (C=O) groups excluding carboxylic acids is 2. The van der Waals surface area contributed by atoms with Crippen LogP contribution in [0, 0.1) is 22.7 Å². The summed E-state index contributed by atoms with van der Waals surface area (Å²) in [5.74, 6) is -1.87. The van der Waals surface area contributed by atoms with Gasteiger partial charge < -0.3 is 24.1 Å². The summed E-state index contributed by atoms with van der Waals surface area (Å²) in [4.78, 5) is 26.1. The zero-order valence-corrected chi connectivity index (χ0v) is 19.7. The first kappa shape index (κ1) is 22.6. The maximum Gasteiger partial charge on any atom is 0.305 e. The largest absolute Gasteiger partial charge is 0.472 e. The van der Waals surface area contributed by atoms with Gasteiger partial charge in [-0.05, 0) is 55.5 Å². The highest BCUT2D eigenvalue weighted by molar-refractivity contribution is 5.97. The van der Waals surface area contributed by atoms with E-state index in [2.05, 4.69) is 6.92 Å². The van der Waals surface area contributed by atoms with Crippen molar-refractivity contribution in [2.24, 2.45) is 22.7 Å². The van der Waals surface area contributed by atoms with Crippen molar-refractivity contribution in [3.05, 3.63) is 47.5 Å². The molecule has 1 aromatic heterocycles. The Labute approximate surface area is 193 Å². The lowest BCUT2D eigenvalue weighted by molar-refractivity contribution is -0.222. The monoisotopic (exact) mass is 456 g/mol. The van der Waals surface area contributed by atoms with Gasteiger partial charge in [0.25, 0.3) is 0 Å². The van der Waals surface area contributed by atoms with Crippen LogP contribution in [-0.2, 0) is 19.1 Å². The van der Waals surface area contributed by atoms with Gasteiger partial charge in [-0.25, -0.2) is 0 Å². The van der Waals surface area contributed by atoms with E-state index in [0.29, 0.717) is 6.42 Å². The molecule has 3 aliphatic carbocycles. The quantitative estimate of drug-likeness (QED) is 0.532. The third-order valence-electron chi connectivity index (χ3n) is 9.22. The minimum atomic E-state index is -1.43. The average Bonchev–Trinajstić information content (AvgIpc) is 3.45. The molecule has 0 spiro atoms. The second-order valence-electron chi connectivity index (χ2n) is 10.8. The van der Waals surface area contributed by atoms with E-state index >= 15 is 0 Å². The second kappa shape index (κ2) is 7.14. The van der Waals surface area contributed by atoms with Crippen molar-refractivity contribution in [2.75, 3.05) is 7.11 Å². The molecule has 178 valence electrons. The summed E-state index contributed by atoms with van der Waals surface area (Å²) >= 11 is 0. The Kier molecular flexibility index (Phi) is 4.88. The van der Waals surface area contributed by atoms with E-state index in [0.717, 1.165) is 16.7 Å². The first-order chi connectivity index (χ1) is 15.5. The van der Waals surface area contributed by atoms with E-state index in [1.165, 1.54) is 19.3 Å². The van der Waals surface area contributed by atoms with Gasteiger partial charge in [0.2, 0.25) is 0 Å². The summed E-state index contributed by atoms with van der Waals surface area (Å²) in [6, 6.07) is 1.95. The highest BCUT2D eigenvalue weighted by Gasteiger charge is 2.73. The molecule has 2 fully saturated rings. The number of hydrogen-bond donors (Lipinski definition) is 2. The number of allylic oxidation sites excluding steroid dienone is 2. The topological polar surface area (TPSA) is 106 Å². The van der Waals surface area contributed by atoms with Crippen molar-refractivity contribution >= 4 is 11.8 Å². The minimum Gasteiger partial charge on any atom is -0.472 e. The van der Waals surface area contributed by atoms with E-state index < -0.39 is 46.4 Å². The van der Waals surface area contributed by atoms with Crippen LogP contribution in [0.4, 0.5) is 0 Å². The van der Waals surface area contributed by atoms with E-state index in [9.17, 15) is 19.8 Å². The lowest BCUT2D eigenvalue weighted by Gasteiger charge is -2.61. The fourth-order valence-corrected chi connectivity index (χ4v) is 7.85. The first-order valence-corrected chi connectivity index (χ1v) is 11.6. The molecule has 1 aliphatic heterocycles. The van der Waals surface area contributed by atoms with E-state index in [1.54, 1.807) is 26.4 Å². The van der Waals surface area contributed by atoms with Gasteiger partial charge in [-0.15, -0.1) is 0 Å². The highest BCUT2D eigenvalue weighted by Crippen LogP contribution is 2.68. The van der Waals surface area contributed by atoms with Gasteiger partial charge in [0.1, 0.15) is 0 Å². The molecule has 7 heteroatoms. The van der Waals surface area contributed by atoms with Crippen molar-refractivity contribution in [1.29, 1.82) is 0 Å². The molecule has 2 heterocycles. The third-order valence-corrected chi connectivity index (χ3v) is 9.22. The van der Waals surface area contributed by atoms with Crippen molar-refractivity contribution < 1.29 is 33.7 Å². The number of aliphatic hydroxyl groups excluding tert-OH is 1. The molecule has 1 saturated heterocycles. The Morgan fingerprint density at radius 3 is 2.64 bits per heavy atom. The summed E-state index contributed by atoms with van der Waals surface area (Å²) in [5, 5.41) is 22.9. The molecule has 0 radical (unpaired) electrons. The predicted octanol–water partition coefficient (Wildman–Crippen LogP) is 2.92. The molecule has 1 aromatic rings. The molecule has 5 rings (SSSR count). The van der Waals surface area contributed by atoms with E-state index in [-0.39, 0.29) is 24.2 Å². The fraction of sp³-hybridized carbons (Fsp3) is 0.615. The predicted molar refractivity (Wildman–Crippen MR) is 118 cm³/mol. The number of ether oxygens (including phenoxy) is 2. The van der Waals surface area contributed by atoms with Crippen LogP contribution in [0.2, 0.25) is 0 Å². The molecule has 0 aromatic carbocycles. The van der Waals surface area contributed by atoms with E-state index in [4.69, 9.17) is 13.9 Å². The smallest absolute Gasteiger partial charge is 0.305 e. The van der Waals surface area contributed by atoms with Gasteiger partial charge in [0.05, 0.1) is 50.0 Å². The summed E-state index contributed by atoms with van der Waals surface area (Å²) < 4.78 is 16.9. The summed E-state index contributed by atoms with van der Waals surface area (Å²) in [5.41, 5.74) is -0.168. The van der Waals surface area contributed by atoms with Crippen LogP contribution in [0.15, 0.2) is 46.3 Å². The summed E-state index contributed by atoms with van der Waals surface area (Å²) in [6.07, 6.45) is 4.95. The number of methoxy groups -OCH3 is 1. The van der Waals surface area contributed by atoms with Gasteiger partial charge in [-0.2, -0.15) is 0 Å².